The molecule has 0 amide bonds. The molecule has 0 saturated heterocycles. The molecule has 0 bridgehead atoms. The molecule has 2 aromatic rings. The van der Waals surface area contributed by atoms with Crippen molar-refractivity contribution in [3.63, 3.8) is 0 Å². The fourth-order valence-corrected chi connectivity index (χ4v) is 2.48. The second kappa shape index (κ2) is 4.79. The zero-order valence-electron chi connectivity index (χ0n) is 8.60. The van der Waals surface area contributed by atoms with Gasteiger partial charge in [0, 0.05) is 15.1 Å². The van der Waals surface area contributed by atoms with E-state index in [1.165, 1.54) is 0 Å². The van der Waals surface area contributed by atoms with Crippen LogP contribution in [0.3, 0.4) is 0 Å². The molecule has 0 aromatic heterocycles. The maximum absolute atomic E-state index is 6.21. The number of hydrogen-bond acceptors (Lipinski definition) is 0. The molecule has 0 spiro atoms. The van der Waals surface area contributed by atoms with E-state index in [-0.39, 0.29) is 0 Å². The van der Waals surface area contributed by atoms with Gasteiger partial charge in [-0.3, -0.25) is 0 Å². The van der Waals surface area contributed by atoms with E-state index in [1.807, 2.05) is 43.3 Å². The number of rotatable bonds is 1. The Morgan fingerprint density at radius 1 is 1.00 bits per heavy atom. The molecule has 0 aliphatic carbocycles. The monoisotopic (exact) mass is 314 g/mol. The van der Waals surface area contributed by atoms with Crippen LogP contribution in [0.1, 0.15) is 5.56 Å². The zero-order valence-corrected chi connectivity index (χ0v) is 11.7. The van der Waals surface area contributed by atoms with Crippen molar-refractivity contribution in [2.24, 2.45) is 0 Å². The van der Waals surface area contributed by atoms with Gasteiger partial charge in [-0.2, -0.15) is 0 Å². The predicted molar refractivity (Wildman–Crippen MR) is 74.3 cm³/mol. The topological polar surface area (TPSA) is 0 Å². The molecule has 0 saturated carbocycles. The van der Waals surface area contributed by atoms with E-state index in [2.05, 4.69) is 15.9 Å². The summed E-state index contributed by atoms with van der Waals surface area (Å²) in [7, 11) is 0. The average molecular weight is 316 g/mol. The van der Waals surface area contributed by atoms with Gasteiger partial charge in [-0.15, -0.1) is 0 Å². The molecule has 0 atom stereocenters. The first-order valence-electron chi connectivity index (χ1n) is 4.80. The third-order valence-corrected chi connectivity index (χ3v) is 3.96. The van der Waals surface area contributed by atoms with Gasteiger partial charge >= 0.3 is 0 Å². The lowest BCUT2D eigenvalue weighted by Crippen LogP contribution is -1.85. The molecule has 0 nitrogen and oxygen atoms in total. The first kappa shape index (κ1) is 12.0. The van der Waals surface area contributed by atoms with Crippen LogP contribution in [-0.4, -0.2) is 0 Å². The van der Waals surface area contributed by atoms with E-state index in [0.29, 0.717) is 5.02 Å². The smallest absolute Gasteiger partial charge is 0.0548 e. The largest absolute Gasteiger partial charge is 0.0837 e. The molecule has 3 heteroatoms. The molecule has 0 N–H and O–H groups in total. The zero-order chi connectivity index (χ0) is 11.7. The van der Waals surface area contributed by atoms with E-state index < -0.39 is 0 Å². The molecular formula is C13H9BrCl2. The summed E-state index contributed by atoms with van der Waals surface area (Å²) < 4.78 is 0.881. The highest BCUT2D eigenvalue weighted by molar-refractivity contribution is 9.10. The molecule has 82 valence electrons. The summed E-state index contributed by atoms with van der Waals surface area (Å²) in [5, 5.41) is 1.46. The van der Waals surface area contributed by atoms with E-state index in [4.69, 9.17) is 23.2 Å². The van der Waals surface area contributed by atoms with Crippen molar-refractivity contribution in [1.82, 2.24) is 0 Å². The molecular weight excluding hydrogens is 307 g/mol. The van der Waals surface area contributed by atoms with Crippen molar-refractivity contribution < 1.29 is 0 Å². The molecule has 2 aromatic carbocycles. The minimum absolute atomic E-state index is 0.702. The van der Waals surface area contributed by atoms with Crippen LogP contribution in [0.4, 0.5) is 0 Å². The Balaban J connectivity index is 2.63. The third kappa shape index (κ3) is 2.27. The minimum Gasteiger partial charge on any atom is -0.0837 e. The van der Waals surface area contributed by atoms with E-state index in [9.17, 15) is 0 Å². The molecule has 16 heavy (non-hydrogen) atoms. The van der Waals surface area contributed by atoms with Crippen LogP contribution >= 0.6 is 39.1 Å². The summed E-state index contributed by atoms with van der Waals surface area (Å²) in [6, 6.07) is 11.7. The van der Waals surface area contributed by atoms with Crippen LogP contribution in [-0.2, 0) is 0 Å². The number of benzene rings is 2. The van der Waals surface area contributed by atoms with Gasteiger partial charge in [-0.25, -0.2) is 0 Å². The molecule has 2 rings (SSSR count). The maximum Gasteiger partial charge on any atom is 0.0548 e. The Hall–Kier alpha value is -0.500. The van der Waals surface area contributed by atoms with Gasteiger partial charge in [0.25, 0.3) is 0 Å². The van der Waals surface area contributed by atoms with E-state index in [0.717, 1.165) is 26.2 Å². The summed E-state index contributed by atoms with van der Waals surface area (Å²) >= 11 is 15.6. The number of hydrogen-bond donors (Lipinski definition) is 0. The first-order valence-corrected chi connectivity index (χ1v) is 6.35. The van der Waals surface area contributed by atoms with Gasteiger partial charge in [0.15, 0.2) is 0 Å². The number of aryl methyl sites for hydroxylation is 1. The fourth-order valence-electron chi connectivity index (χ4n) is 1.65. The average Bonchev–Trinajstić information content (AvgIpc) is 2.23. The van der Waals surface area contributed by atoms with Crippen LogP contribution in [0, 0.1) is 6.92 Å². The Kier molecular flexibility index (Phi) is 3.58. The predicted octanol–water partition coefficient (Wildman–Crippen LogP) is 5.73. The van der Waals surface area contributed by atoms with Crippen LogP contribution in [0.2, 0.25) is 10.0 Å². The second-order valence-electron chi connectivity index (χ2n) is 3.56. The lowest BCUT2D eigenvalue weighted by molar-refractivity contribution is 1.45. The second-order valence-corrected chi connectivity index (χ2v) is 5.23. The first-order chi connectivity index (χ1) is 7.59. The van der Waals surface area contributed by atoms with Crippen LogP contribution in [0.5, 0.6) is 0 Å². The van der Waals surface area contributed by atoms with E-state index >= 15 is 0 Å². The van der Waals surface area contributed by atoms with Gasteiger partial charge < -0.3 is 0 Å². The van der Waals surface area contributed by atoms with Crippen molar-refractivity contribution >= 4 is 39.1 Å². The van der Waals surface area contributed by atoms with Gasteiger partial charge in [-0.05, 0) is 52.2 Å². The highest BCUT2D eigenvalue weighted by Gasteiger charge is 2.08. The Bertz CT molecular complexity index is 515. The Labute approximate surface area is 113 Å². The van der Waals surface area contributed by atoms with Crippen LogP contribution in [0.25, 0.3) is 11.1 Å². The Morgan fingerprint density at radius 3 is 2.38 bits per heavy atom. The molecule has 0 unspecified atom stereocenters. The summed E-state index contributed by atoms with van der Waals surface area (Å²) in [5.74, 6) is 0. The molecule has 0 radical (unpaired) electrons. The summed E-state index contributed by atoms with van der Waals surface area (Å²) in [5.41, 5.74) is 3.28. The van der Waals surface area contributed by atoms with Gasteiger partial charge in [-0.1, -0.05) is 41.4 Å². The van der Waals surface area contributed by atoms with Crippen molar-refractivity contribution in [1.29, 1.82) is 0 Å². The SMILES string of the molecule is Cc1cccc(Cl)c1-c1ccc(Cl)c(Br)c1. The van der Waals surface area contributed by atoms with E-state index in [1.54, 1.807) is 0 Å². The van der Waals surface area contributed by atoms with Crippen LogP contribution in [0.15, 0.2) is 40.9 Å². The highest BCUT2D eigenvalue weighted by atomic mass is 79.9. The van der Waals surface area contributed by atoms with Gasteiger partial charge in [0.05, 0.1) is 5.02 Å². The van der Waals surface area contributed by atoms with Crippen molar-refractivity contribution in [2.75, 3.05) is 0 Å². The minimum atomic E-state index is 0.702. The van der Waals surface area contributed by atoms with Crippen molar-refractivity contribution in [3.8, 4) is 11.1 Å². The molecule has 0 fully saturated rings. The Morgan fingerprint density at radius 2 is 1.75 bits per heavy atom. The normalized spacial score (nSPS) is 10.5. The lowest BCUT2D eigenvalue weighted by atomic mass is 10.0. The van der Waals surface area contributed by atoms with Crippen molar-refractivity contribution in [3.05, 3.63) is 56.5 Å². The third-order valence-electron chi connectivity index (χ3n) is 2.43. The molecule has 0 heterocycles. The fraction of sp³-hybridized carbons (Fsp3) is 0.0769. The molecule has 0 aliphatic rings. The standard InChI is InChI=1S/C13H9BrCl2/c1-8-3-2-4-12(16)13(8)9-5-6-11(15)10(14)7-9/h2-7H,1H3. The maximum atomic E-state index is 6.21. The quantitative estimate of drug-likeness (QED) is 0.630. The van der Waals surface area contributed by atoms with Gasteiger partial charge in [0.2, 0.25) is 0 Å². The summed E-state index contributed by atoms with van der Waals surface area (Å²) in [6.07, 6.45) is 0. The van der Waals surface area contributed by atoms with Crippen molar-refractivity contribution in [2.45, 2.75) is 6.92 Å². The highest BCUT2D eigenvalue weighted by Crippen LogP contribution is 2.34. The molecule has 0 aliphatic heterocycles. The lowest BCUT2D eigenvalue weighted by Gasteiger charge is -2.09. The summed E-state index contributed by atoms with van der Waals surface area (Å²) in [4.78, 5) is 0. The summed E-state index contributed by atoms with van der Waals surface area (Å²) in [6.45, 7) is 2.05. The number of halogens is 3. The van der Waals surface area contributed by atoms with Gasteiger partial charge in [0.1, 0.15) is 0 Å². The van der Waals surface area contributed by atoms with Crippen LogP contribution < -0.4 is 0 Å².